The van der Waals surface area contributed by atoms with Crippen molar-refractivity contribution in [1.29, 1.82) is 0 Å². The van der Waals surface area contributed by atoms with Crippen molar-refractivity contribution < 1.29 is 13.2 Å². The minimum atomic E-state index is -3.14. The summed E-state index contributed by atoms with van der Waals surface area (Å²) in [5.41, 5.74) is 0. The summed E-state index contributed by atoms with van der Waals surface area (Å²) in [4.78, 5) is 11.4. The molecule has 1 aliphatic rings. The molecule has 1 rings (SSSR count). The van der Waals surface area contributed by atoms with E-state index in [1.54, 1.807) is 11.8 Å². The molecule has 0 aromatic heterocycles. The van der Waals surface area contributed by atoms with Gasteiger partial charge in [0.1, 0.15) is 5.75 Å². The lowest BCUT2D eigenvalue weighted by Gasteiger charge is -2.19. The van der Waals surface area contributed by atoms with Gasteiger partial charge in [0.05, 0.1) is 5.25 Å². The molecule has 0 bridgehead atoms. The molecule has 1 fully saturated rings. The van der Waals surface area contributed by atoms with E-state index in [0.29, 0.717) is 0 Å². The molecule has 0 aliphatic carbocycles. The summed E-state index contributed by atoms with van der Waals surface area (Å²) in [6, 6.07) is 0. The summed E-state index contributed by atoms with van der Waals surface area (Å²) >= 11 is 1.60. The molecule has 1 saturated heterocycles. The van der Waals surface area contributed by atoms with E-state index < -0.39 is 9.84 Å². The third-order valence-corrected chi connectivity index (χ3v) is 4.18. The number of sulfone groups is 1. The molecular formula is C8H14O3S2. The van der Waals surface area contributed by atoms with Crippen LogP contribution in [-0.2, 0) is 14.6 Å². The van der Waals surface area contributed by atoms with Crippen LogP contribution in [0.3, 0.4) is 0 Å². The molecule has 3 nitrogen and oxygen atoms in total. The van der Waals surface area contributed by atoms with E-state index >= 15 is 0 Å². The van der Waals surface area contributed by atoms with Gasteiger partial charge in [-0.05, 0) is 18.6 Å². The van der Waals surface area contributed by atoms with Gasteiger partial charge in [0.15, 0.2) is 15.6 Å². The molecule has 0 N–H and O–H groups in total. The molecule has 0 aromatic rings. The predicted octanol–water partition coefficient (Wildman–Crippen LogP) is 0.886. The molecule has 0 amide bonds. The molecule has 0 aromatic carbocycles. The Kier molecular flexibility index (Phi) is 3.79. The molecule has 0 spiro atoms. The third-order valence-electron chi connectivity index (χ3n) is 1.94. The van der Waals surface area contributed by atoms with Crippen LogP contribution in [0.2, 0.25) is 0 Å². The van der Waals surface area contributed by atoms with Crippen molar-refractivity contribution in [3.8, 4) is 0 Å². The minimum absolute atomic E-state index is 0.0662. The highest BCUT2D eigenvalue weighted by Crippen LogP contribution is 2.25. The van der Waals surface area contributed by atoms with Gasteiger partial charge in [0.2, 0.25) is 0 Å². The van der Waals surface area contributed by atoms with Gasteiger partial charge in [0.25, 0.3) is 0 Å². The number of Topliss-reactive ketones (excluding diaryl/α,β-unsaturated/α-hetero) is 1. The van der Waals surface area contributed by atoms with Crippen molar-refractivity contribution in [2.45, 2.75) is 24.5 Å². The maximum atomic E-state index is 11.4. The highest BCUT2D eigenvalue weighted by molar-refractivity contribution is 8.00. The Morgan fingerprint density at radius 3 is 2.62 bits per heavy atom. The topological polar surface area (TPSA) is 51.2 Å². The Balaban J connectivity index is 2.47. The van der Waals surface area contributed by atoms with E-state index in [2.05, 4.69) is 0 Å². The average Bonchev–Trinajstić information content (AvgIpc) is 2.03. The van der Waals surface area contributed by atoms with Gasteiger partial charge in [-0.1, -0.05) is 6.42 Å². The molecule has 1 atom stereocenters. The molecule has 13 heavy (non-hydrogen) atoms. The van der Waals surface area contributed by atoms with Gasteiger partial charge in [-0.15, -0.1) is 0 Å². The predicted molar refractivity (Wildman–Crippen MR) is 54.8 cm³/mol. The van der Waals surface area contributed by atoms with Gasteiger partial charge >= 0.3 is 0 Å². The summed E-state index contributed by atoms with van der Waals surface area (Å²) in [6.07, 6.45) is 4.15. The van der Waals surface area contributed by atoms with Crippen molar-refractivity contribution >= 4 is 27.4 Å². The third kappa shape index (κ3) is 4.13. The second-order valence-corrected chi connectivity index (χ2v) is 6.84. The van der Waals surface area contributed by atoms with Crippen molar-refractivity contribution in [3.05, 3.63) is 0 Å². The first-order valence-electron chi connectivity index (χ1n) is 4.31. The summed E-state index contributed by atoms with van der Waals surface area (Å²) in [5, 5.41) is -0.0662. The molecular weight excluding hydrogens is 208 g/mol. The van der Waals surface area contributed by atoms with Crippen molar-refractivity contribution in [2.24, 2.45) is 0 Å². The van der Waals surface area contributed by atoms with E-state index in [-0.39, 0.29) is 16.8 Å². The maximum Gasteiger partial charge on any atom is 0.160 e. The zero-order valence-electron chi connectivity index (χ0n) is 7.65. The van der Waals surface area contributed by atoms with Gasteiger partial charge < -0.3 is 0 Å². The number of thioether (sulfide) groups is 1. The summed E-state index contributed by atoms with van der Waals surface area (Å²) < 4.78 is 21.7. The van der Waals surface area contributed by atoms with Crippen LogP contribution in [0.1, 0.15) is 19.3 Å². The van der Waals surface area contributed by atoms with Crippen LogP contribution in [0, 0.1) is 0 Å². The van der Waals surface area contributed by atoms with Crippen LogP contribution in [-0.4, -0.2) is 37.2 Å². The van der Waals surface area contributed by atoms with Crippen LogP contribution in [0.4, 0.5) is 0 Å². The fraction of sp³-hybridized carbons (Fsp3) is 0.875. The lowest BCUT2D eigenvalue weighted by molar-refractivity contribution is -0.116. The fourth-order valence-electron chi connectivity index (χ4n) is 1.35. The quantitative estimate of drug-likeness (QED) is 0.711. The van der Waals surface area contributed by atoms with E-state index in [1.165, 1.54) is 0 Å². The second kappa shape index (κ2) is 4.46. The molecule has 76 valence electrons. The van der Waals surface area contributed by atoms with Crippen LogP contribution in [0.25, 0.3) is 0 Å². The van der Waals surface area contributed by atoms with E-state index in [1.807, 2.05) is 0 Å². The number of rotatable bonds is 3. The second-order valence-electron chi connectivity index (χ2n) is 3.39. The molecule has 0 radical (unpaired) electrons. The standard InChI is InChI=1S/C8H14O3S2/c1-13(10,11)6-7(9)8-4-2-3-5-12-8/h8H,2-6H2,1H3. The van der Waals surface area contributed by atoms with Gasteiger partial charge in [-0.3, -0.25) is 4.79 Å². The summed E-state index contributed by atoms with van der Waals surface area (Å²) in [7, 11) is -3.14. The average molecular weight is 222 g/mol. The number of carbonyl (C=O) groups excluding carboxylic acids is 1. The molecule has 0 saturated carbocycles. The molecule has 1 unspecified atom stereocenters. The number of carbonyl (C=O) groups is 1. The zero-order chi connectivity index (χ0) is 9.90. The first-order valence-corrected chi connectivity index (χ1v) is 7.42. The van der Waals surface area contributed by atoms with E-state index in [9.17, 15) is 13.2 Å². The Morgan fingerprint density at radius 2 is 2.15 bits per heavy atom. The minimum Gasteiger partial charge on any atom is -0.297 e. The zero-order valence-corrected chi connectivity index (χ0v) is 9.29. The van der Waals surface area contributed by atoms with Crippen molar-refractivity contribution in [2.75, 3.05) is 17.8 Å². The summed E-state index contributed by atoms with van der Waals surface area (Å²) in [6.45, 7) is 0. The lowest BCUT2D eigenvalue weighted by Crippen LogP contribution is -2.27. The largest absolute Gasteiger partial charge is 0.297 e. The first kappa shape index (κ1) is 11.0. The van der Waals surface area contributed by atoms with E-state index in [0.717, 1.165) is 31.3 Å². The molecule has 5 heteroatoms. The van der Waals surface area contributed by atoms with E-state index in [4.69, 9.17) is 0 Å². The maximum absolute atomic E-state index is 11.4. The molecule has 1 heterocycles. The van der Waals surface area contributed by atoms with Gasteiger partial charge in [-0.2, -0.15) is 11.8 Å². The Morgan fingerprint density at radius 1 is 1.46 bits per heavy atom. The smallest absolute Gasteiger partial charge is 0.160 e. The highest BCUT2D eigenvalue weighted by Gasteiger charge is 2.24. The van der Waals surface area contributed by atoms with Crippen molar-refractivity contribution in [1.82, 2.24) is 0 Å². The van der Waals surface area contributed by atoms with Crippen LogP contribution >= 0.6 is 11.8 Å². The van der Waals surface area contributed by atoms with Crippen LogP contribution in [0.15, 0.2) is 0 Å². The number of ketones is 1. The number of hydrogen-bond donors (Lipinski definition) is 0. The van der Waals surface area contributed by atoms with Crippen LogP contribution < -0.4 is 0 Å². The van der Waals surface area contributed by atoms with Gasteiger partial charge in [0, 0.05) is 6.26 Å². The lowest BCUT2D eigenvalue weighted by atomic mass is 10.1. The SMILES string of the molecule is CS(=O)(=O)CC(=O)C1CCCCS1. The van der Waals surface area contributed by atoms with Crippen molar-refractivity contribution in [3.63, 3.8) is 0 Å². The number of hydrogen-bond acceptors (Lipinski definition) is 4. The molecule has 1 aliphatic heterocycles. The van der Waals surface area contributed by atoms with Crippen LogP contribution in [0.5, 0.6) is 0 Å². The Labute approximate surface area is 83.2 Å². The first-order chi connectivity index (χ1) is 5.99. The summed E-state index contributed by atoms with van der Waals surface area (Å²) in [5.74, 6) is 0.581. The van der Waals surface area contributed by atoms with Gasteiger partial charge in [-0.25, -0.2) is 8.42 Å². The Bertz CT molecular complexity index is 276. The monoisotopic (exact) mass is 222 g/mol. The highest BCUT2D eigenvalue weighted by atomic mass is 32.2. The Hall–Kier alpha value is -0.0300. The fourth-order valence-corrected chi connectivity index (χ4v) is 3.43. The normalized spacial score (nSPS) is 24.2.